The molecule has 18 heavy (non-hydrogen) atoms. The fourth-order valence-electron chi connectivity index (χ4n) is 2.56. The molecule has 0 aromatic carbocycles. The minimum Gasteiger partial charge on any atom is -0.368 e. The third-order valence-corrected chi connectivity index (χ3v) is 4.67. The molecule has 98 valence electrons. The Labute approximate surface area is 111 Å². The van der Waals surface area contributed by atoms with Gasteiger partial charge in [-0.05, 0) is 38.0 Å². The van der Waals surface area contributed by atoms with E-state index in [1.54, 1.807) is 11.3 Å². The van der Waals surface area contributed by atoms with Crippen LogP contribution >= 0.6 is 11.3 Å². The van der Waals surface area contributed by atoms with Crippen LogP contribution in [0.2, 0.25) is 0 Å². The highest BCUT2D eigenvalue weighted by Gasteiger charge is 2.25. The van der Waals surface area contributed by atoms with Gasteiger partial charge in [0.2, 0.25) is 0 Å². The lowest BCUT2D eigenvalue weighted by Crippen LogP contribution is -2.26. The SMILES string of the molecule is C[C@@H]1CCc2nc(NC(=O)[C@@H]3CCCO3)sc2C1. The van der Waals surface area contributed by atoms with Crippen LogP contribution in [0.15, 0.2) is 0 Å². The Morgan fingerprint density at radius 3 is 3.17 bits per heavy atom. The molecule has 1 aromatic rings. The first kappa shape index (κ1) is 12.1. The van der Waals surface area contributed by atoms with E-state index in [0.717, 1.165) is 36.7 Å². The van der Waals surface area contributed by atoms with Gasteiger partial charge in [-0.25, -0.2) is 4.98 Å². The topological polar surface area (TPSA) is 51.2 Å². The van der Waals surface area contributed by atoms with E-state index in [1.807, 2.05) is 0 Å². The number of anilines is 1. The normalized spacial score (nSPS) is 26.9. The highest BCUT2D eigenvalue weighted by molar-refractivity contribution is 7.15. The number of rotatable bonds is 2. The van der Waals surface area contributed by atoms with Gasteiger partial charge in [0.25, 0.3) is 5.91 Å². The number of fused-ring (bicyclic) bond motifs is 1. The first-order valence-electron chi connectivity index (χ1n) is 6.63. The fourth-order valence-corrected chi connectivity index (χ4v) is 3.74. The van der Waals surface area contributed by atoms with Crippen LogP contribution < -0.4 is 5.32 Å². The van der Waals surface area contributed by atoms with E-state index >= 15 is 0 Å². The molecule has 1 N–H and O–H groups in total. The second-order valence-corrected chi connectivity index (χ2v) is 6.31. The van der Waals surface area contributed by atoms with E-state index < -0.39 is 0 Å². The van der Waals surface area contributed by atoms with Crippen LogP contribution in [-0.2, 0) is 22.4 Å². The third-order valence-electron chi connectivity index (χ3n) is 3.64. The summed E-state index contributed by atoms with van der Waals surface area (Å²) in [6.07, 6.45) is 4.88. The van der Waals surface area contributed by atoms with Gasteiger partial charge in [-0.15, -0.1) is 11.3 Å². The molecule has 1 amide bonds. The number of amides is 1. The maximum atomic E-state index is 11.9. The average Bonchev–Trinajstić information content (AvgIpc) is 2.95. The summed E-state index contributed by atoms with van der Waals surface area (Å²) < 4.78 is 5.37. The number of aromatic nitrogens is 1. The summed E-state index contributed by atoms with van der Waals surface area (Å²) in [5, 5.41) is 3.64. The predicted molar refractivity (Wildman–Crippen MR) is 70.9 cm³/mol. The summed E-state index contributed by atoms with van der Waals surface area (Å²) in [4.78, 5) is 17.8. The zero-order chi connectivity index (χ0) is 12.5. The number of ether oxygens (including phenoxy) is 1. The molecule has 1 aliphatic heterocycles. The Morgan fingerprint density at radius 2 is 2.39 bits per heavy atom. The predicted octanol–water partition coefficient (Wildman–Crippen LogP) is 2.39. The molecule has 0 unspecified atom stereocenters. The number of hydrogen-bond acceptors (Lipinski definition) is 4. The van der Waals surface area contributed by atoms with Crippen LogP contribution in [0.5, 0.6) is 0 Å². The Hall–Kier alpha value is -0.940. The lowest BCUT2D eigenvalue weighted by atomic mass is 9.93. The Morgan fingerprint density at radius 1 is 1.50 bits per heavy atom. The molecule has 1 saturated heterocycles. The van der Waals surface area contributed by atoms with Crippen molar-refractivity contribution in [3.05, 3.63) is 10.6 Å². The zero-order valence-electron chi connectivity index (χ0n) is 10.6. The highest BCUT2D eigenvalue weighted by Crippen LogP contribution is 2.32. The van der Waals surface area contributed by atoms with Gasteiger partial charge in [0.1, 0.15) is 6.10 Å². The van der Waals surface area contributed by atoms with Gasteiger partial charge >= 0.3 is 0 Å². The molecular formula is C13H18N2O2S. The van der Waals surface area contributed by atoms with Crippen molar-refractivity contribution >= 4 is 22.4 Å². The number of nitrogens with zero attached hydrogens (tertiary/aromatic N) is 1. The maximum Gasteiger partial charge on any atom is 0.255 e. The smallest absolute Gasteiger partial charge is 0.255 e. The molecule has 4 nitrogen and oxygen atoms in total. The van der Waals surface area contributed by atoms with Crippen molar-refractivity contribution in [3.8, 4) is 0 Å². The van der Waals surface area contributed by atoms with Crippen molar-refractivity contribution < 1.29 is 9.53 Å². The number of carbonyl (C=O) groups is 1. The van der Waals surface area contributed by atoms with Crippen molar-refractivity contribution in [2.24, 2.45) is 5.92 Å². The van der Waals surface area contributed by atoms with Gasteiger partial charge in [0.15, 0.2) is 5.13 Å². The Balaban J connectivity index is 1.68. The summed E-state index contributed by atoms with van der Waals surface area (Å²) in [6.45, 7) is 2.97. The first-order valence-corrected chi connectivity index (χ1v) is 7.45. The standard InChI is InChI=1S/C13H18N2O2S/c1-8-4-5-9-11(7-8)18-13(14-9)15-12(16)10-3-2-6-17-10/h8,10H,2-7H2,1H3,(H,14,15,16)/t8-,10+/m1/s1. The van der Waals surface area contributed by atoms with Crippen LogP contribution in [0.3, 0.4) is 0 Å². The monoisotopic (exact) mass is 266 g/mol. The van der Waals surface area contributed by atoms with Gasteiger partial charge in [-0.3, -0.25) is 10.1 Å². The van der Waals surface area contributed by atoms with Crippen molar-refractivity contribution in [2.45, 2.75) is 45.1 Å². The van der Waals surface area contributed by atoms with Gasteiger partial charge in [-0.2, -0.15) is 0 Å². The minimum atomic E-state index is -0.273. The summed E-state index contributed by atoms with van der Waals surface area (Å²) in [5.74, 6) is 0.700. The summed E-state index contributed by atoms with van der Waals surface area (Å²) in [7, 11) is 0. The van der Waals surface area contributed by atoms with Crippen LogP contribution in [0.25, 0.3) is 0 Å². The molecule has 0 saturated carbocycles. The number of hydrogen-bond donors (Lipinski definition) is 1. The van der Waals surface area contributed by atoms with E-state index in [-0.39, 0.29) is 12.0 Å². The van der Waals surface area contributed by atoms with Crippen LogP contribution in [0.1, 0.15) is 36.8 Å². The molecule has 0 spiro atoms. The third kappa shape index (κ3) is 2.42. The van der Waals surface area contributed by atoms with E-state index in [2.05, 4.69) is 17.2 Å². The lowest BCUT2D eigenvalue weighted by Gasteiger charge is -2.15. The molecule has 0 radical (unpaired) electrons. The molecule has 3 rings (SSSR count). The zero-order valence-corrected chi connectivity index (χ0v) is 11.4. The molecule has 1 aliphatic carbocycles. The largest absolute Gasteiger partial charge is 0.368 e. The number of nitrogens with one attached hydrogen (secondary N) is 1. The van der Waals surface area contributed by atoms with Crippen molar-refractivity contribution in [1.29, 1.82) is 0 Å². The number of carbonyl (C=O) groups excluding carboxylic acids is 1. The molecule has 2 aliphatic rings. The minimum absolute atomic E-state index is 0.0355. The van der Waals surface area contributed by atoms with Crippen LogP contribution in [0.4, 0.5) is 5.13 Å². The number of thiazole rings is 1. The molecule has 2 heterocycles. The Bertz CT molecular complexity index is 452. The summed E-state index contributed by atoms with van der Waals surface area (Å²) in [6, 6.07) is 0. The van der Waals surface area contributed by atoms with Gasteiger partial charge in [0, 0.05) is 11.5 Å². The second kappa shape index (κ2) is 4.97. The van der Waals surface area contributed by atoms with Crippen LogP contribution in [-0.4, -0.2) is 23.6 Å². The number of aryl methyl sites for hydroxylation is 1. The van der Waals surface area contributed by atoms with E-state index in [1.165, 1.54) is 17.0 Å². The maximum absolute atomic E-state index is 11.9. The van der Waals surface area contributed by atoms with Gasteiger partial charge in [-0.1, -0.05) is 6.92 Å². The fraction of sp³-hybridized carbons (Fsp3) is 0.692. The van der Waals surface area contributed by atoms with E-state index in [0.29, 0.717) is 6.61 Å². The van der Waals surface area contributed by atoms with Gasteiger partial charge < -0.3 is 4.74 Å². The van der Waals surface area contributed by atoms with E-state index in [4.69, 9.17) is 4.74 Å². The molecule has 5 heteroatoms. The summed E-state index contributed by atoms with van der Waals surface area (Å²) in [5.41, 5.74) is 1.18. The molecule has 1 fully saturated rings. The molecule has 2 atom stereocenters. The van der Waals surface area contributed by atoms with Crippen molar-refractivity contribution in [3.63, 3.8) is 0 Å². The van der Waals surface area contributed by atoms with Crippen LogP contribution in [0, 0.1) is 5.92 Å². The molecular weight excluding hydrogens is 248 g/mol. The van der Waals surface area contributed by atoms with E-state index in [9.17, 15) is 4.79 Å². The molecule has 1 aromatic heterocycles. The van der Waals surface area contributed by atoms with Gasteiger partial charge in [0.05, 0.1) is 5.69 Å². The first-order chi connectivity index (χ1) is 8.72. The second-order valence-electron chi connectivity index (χ2n) is 5.23. The Kier molecular flexibility index (Phi) is 3.35. The quantitative estimate of drug-likeness (QED) is 0.894. The van der Waals surface area contributed by atoms with Crippen molar-refractivity contribution in [2.75, 3.05) is 11.9 Å². The lowest BCUT2D eigenvalue weighted by molar-refractivity contribution is -0.124. The average molecular weight is 266 g/mol. The summed E-state index contributed by atoms with van der Waals surface area (Å²) >= 11 is 1.63. The highest BCUT2D eigenvalue weighted by atomic mass is 32.1. The van der Waals surface area contributed by atoms with Crippen molar-refractivity contribution in [1.82, 2.24) is 4.98 Å². The molecule has 0 bridgehead atoms.